The molecule has 118 valence electrons. The number of rotatable bonds is 9. The molecule has 0 saturated carbocycles. The van der Waals surface area contributed by atoms with Gasteiger partial charge in [-0.3, -0.25) is 9.59 Å². The van der Waals surface area contributed by atoms with E-state index in [4.69, 9.17) is 9.84 Å². The monoisotopic (exact) mass is 288 g/mol. The van der Waals surface area contributed by atoms with E-state index in [0.717, 1.165) is 0 Å². The molecular weight excluding hydrogens is 260 g/mol. The van der Waals surface area contributed by atoms with Crippen LogP contribution in [-0.2, 0) is 14.3 Å². The SMILES string of the molecule is CC(C)CN(CC(C)C)C(=O)C(=O)NCCOCCO. The first kappa shape index (κ1) is 18.9. The average molecular weight is 288 g/mol. The molecule has 0 unspecified atom stereocenters. The zero-order chi connectivity index (χ0) is 15.5. The molecule has 0 aliphatic rings. The Labute approximate surface area is 121 Å². The van der Waals surface area contributed by atoms with E-state index in [-0.39, 0.29) is 26.4 Å². The predicted octanol–water partition coefficient (Wildman–Crippen LogP) is 0.252. The Morgan fingerprint density at radius 2 is 1.65 bits per heavy atom. The van der Waals surface area contributed by atoms with Crippen molar-refractivity contribution < 1.29 is 19.4 Å². The molecule has 0 aliphatic carbocycles. The van der Waals surface area contributed by atoms with E-state index in [9.17, 15) is 9.59 Å². The fourth-order valence-electron chi connectivity index (χ4n) is 1.74. The molecule has 0 aromatic heterocycles. The lowest BCUT2D eigenvalue weighted by Gasteiger charge is -2.25. The standard InChI is InChI=1S/C14H28N2O4/c1-11(2)9-16(10-12(3)4)14(19)13(18)15-5-7-20-8-6-17/h11-12,17H,5-10H2,1-4H3,(H,15,18). The summed E-state index contributed by atoms with van der Waals surface area (Å²) in [6.07, 6.45) is 0. The third-order valence-corrected chi connectivity index (χ3v) is 2.42. The molecule has 6 heteroatoms. The molecule has 0 rings (SSSR count). The molecule has 0 aliphatic heterocycles. The van der Waals surface area contributed by atoms with Gasteiger partial charge in [-0.2, -0.15) is 0 Å². The van der Waals surface area contributed by atoms with Crippen LogP contribution in [0.4, 0.5) is 0 Å². The van der Waals surface area contributed by atoms with Crippen molar-refractivity contribution in [3.63, 3.8) is 0 Å². The van der Waals surface area contributed by atoms with Crippen LogP contribution in [0, 0.1) is 11.8 Å². The Morgan fingerprint density at radius 3 is 2.10 bits per heavy atom. The maximum Gasteiger partial charge on any atom is 0.311 e. The van der Waals surface area contributed by atoms with E-state index in [0.29, 0.717) is 24.9 Å². The number of aliphatic hydroxyl groups is 1. The van der Waals surface area contributed by atoms with Crippen molar-refractivity contribution in [1.82, 2.24) is 10.2 Å². The molecule has 0 aromatic rings. The highest BCUT2D eigenvalue weighted by molar-refractivity contribution is 6.35. The van der Waals surface area contributed by atoms with Crippen molar-refractivity contribution in [3.8, 4) is 0 Å². The van der Waals surface area contributed by atoms with E-state index in [1.807, 2.05) is 27.7 Å². The van der Waals surface area contributed by atoms with Gasteiger partial charge < -0.3 is 20.1 Å². The second-order valence-corrected chi connectivity index (χ2v) is 5.59. The molecule has 2 N–H and O–H groups in total. The van der Waals surface area contributed by atoms with Crippen LogP contribution in [-0.4, -0.2) is 61.3 Å². The summed E-state index contributed by atoms with van der Waals surface area (Å²) < 4.78 is 5.01. The lowest BCUT2D eigenvalue weighted by Crippen LogP contribution is -2.46. The third-order valence-electron chi connectivity index (χ3n) is 2.42. The first-order valence-corrected chi connectivity index (χ1v) is 7.14. The maximum absolute atomic E-state index is 12.1. The van der Waals surface area contributed by atoms with Crippen molar-refractivity contribution in [2.24, 2.45) is 11.8 Å². The van der Waals surface area contributed by atoms with Crippen LogP contribution in [0.1, 0.15) is 27.7 Å². The number of hydrogen-bond donors (Lipinski definition) is 2. The average Bonchev–Trinajstić information content (AvgIpc) is 2.35. The predicted molar refractivity (Wildman–Crippen MR) is 77.2 cm³/mol. The van der Waals surface area contributed by atoms with Crippen LogP contribution < -0.4 is 5.32 Å². The number of hydrogen-bond acceptors (Lipinski definition) is 4. The molecule has 0 heterocycles. The van der Waals surface area contributed by atoms with Crippen molar-refractivity contribution in [2.75, 3.05) is 39.5 Å². The fourth-order valence-corrected chi connectivity index (χ4v) is 1.74. The van der Waals surface area contributed by atoms with Gasteiger partial charge in [0, 0.05) is 19.6 Å². The first-order valence-electron chi connectivity index (χ1n) is 7.14. The second kappa shape index (κ2) is 10.6. The molecule has 20 heavy (non-hydrogen) atoms. The van der Waals surface area contributed by atoms with Gasteiger partial charge in [0.2, 0.25) is 0 Å². The molecule has 0 spiro atoms. The van der Waals surface area contributed by atoms with Gasteiger partial charge in [0.1, 0.15) is 0 Å². The number of carbonyl (C=O) groups is 2. The van der Waals surface area contributed by atoms with Crippen LogP contribution in [0.25, 0.3) is 0 Å². The first-order chi connectivity index (χ1) is 9.38. The number of nitrogens with zero attached hydrogens (tertiary/aromatic N) is 1. The highest BCUT2D eigenvalue weighted by Crippen LogP contribution is 2.04. The molecule has 0 fully saturated rings. The Kier molecular flexibility index (Phi) is 10.0. The van der Waals surface area contributed by atoms with Gasteiger partial charge in [-0.25, -0.2) is 0 Å². The highest BCUT2D eigenvalue weighted by atomic mass is 16.5. The summed E-state index contributed by atoms with van der Waals surface area (Å²) in [5.74, 6) is -0.453. The van der Waals surface area contributed by atoms with Crippen LogP contribution in [0.15, 0.2) is 0 Å². The molecule has 0 aromatic carbocycles. The molecular formula is C14H28N2O4. The lowest BCUT2D eigenvalue weighted by atomic mass is 10.1. The van der Waals surface area contributed by atoms with Crippen LogP contribution >= 0.6 is 0 Å². The number of carbonyl (C=O) groups excluding carboxylic acids is 2. The van der Waals surface area contributed by atoms with Crippen LogP contribution in [0.3, 0.4) is 0 Å². The highest BCUT2D eigenvalue weighted by Gasteiger charge is 2.22. The van der Waals surface area contributed by atoms with Gasteiger partial charge in [-0.1, -0.05) is 27.7 Å². The van der Waals surface area contributed by atoms with Crippen molar-refractivity contribution in [3.05, 3.63) is 0 Å². The minimum Gasteiger partial charge on any atom is -0.394 e. The number of aliphatic hydroxyl groups excluding tert-OH is 1. The smallest absolute Gasteiger partial charge is 0.311 e. The maximum atomic E-state index is 12.1. The molecule has 0 radical (unpaired) electrons. The Balaban J connectivity index is 4.23. The van der Waals surface area contributed by atoms with E-state index in [1.165, 1.54) is 0 Å². The number of amides is 2. The zero-order valence-corrected chi connectivity index (χ0v) is 13.0. The summed E-state index contributed by atoms with van der Waals surface area (Å²) in [5.41, 5.74) is 0. The molecule has 6 nitrogen and oxygen atoms in total. The molecule has 0 saturated heterocycles. The number of nitrogens with one attached hydrogen (secondary N) is 1. The van der Waals surface area contributed by atoms with Gasteiger partial charge in [0.05, 0.1) is 19.8 Å². The Bertz CT molecular complexity index is 283. The Hall–Kier alpha value is -1.14. The lowest BCUT2D eigenvalue weighted by molar-refractivity contribution is -0.146. The van der Waals surface area contributed by atoms with Crippen molar-refractivity contribution in [1.29, 1.82) is 0 Å². The molecule has 0 bridgehead atoms. The van der Waals surface area contributed by atoms with Crippen molar-refractivity contribution in [2.45, 2.75) is 27.7 Å². The van der Waals surface area contributed by atoms with E-state index in [1.54, 1.807) is 4.90 Å². The van der Waals surface area contributed by atoms with Crippen LogP contribution in [0.5, 0.6) is 0 Å². The largest absolute Gasteiger partial charge is 0.394 e. The van der Waals surface area contributed by atoms with Gasteiger partial charge in [-0.05, 0) is 11.8 Å². The summed E-state index contributed by atoms with van der Waals surface area (Å²) in [6.45, 7) is 9.94. The Morgan fingerprint density at radius 1 is 1.10 bits per heavy atom. The van der Waals surface area contributed by atoms with Crippen LogP contribution in [0.2, 0.25) is 0 Å². The normalized spacial score (nSPS) is 10.9. The minimum absolute atomic E-state index is 0.0522. The quantitative estimate of drug-likeness (QED) is 0.471. The molecule has 0 atom stereocenters. The summed E-state index contributed by atoms with van der Waals surface area (Å²) in [5, 5.41) is 11.1. The van der Waals surface area contributed by atoms with Gasteiger partial charge >= 0.3 is 11.8 Å². The van der Waals surface area contributed by atoms with Crippen molar-refractivity contribution >= 4 is 11.8 Å². The summed E-state index contributed by atoms with van der Waals surface area (Å²) in [7, 11) is 0. The van der Waals surface area contributed by atoms with Gasteiger partial charge in [-0.15, -0.1) is 0 Å². The second-order valence-electron chi connectivity index (χ2n) is 5.59. The number of ether oxygens (including phenoxy) is 1. The van der Waals surface area contributed by atoms with E-state index in [2.05, 4.69) is 5.32 Å². The summed E-state index contributed by atoms with van der Waals surface area (Å²) >= 11 is 0. The topological polar surface area (TPSA) is 78.9 Å². The summed E-state index contributed by atoms with van der Waals surface area (Å²) in [6, 6.07) is 0. The van der Waals surface area contributed by atoms with Gasteiger partial charge in [0.25, 0.3) is 0 Å². The summed E-state index contributed by atoms with van der Waals surface area (Å²) in [4.78, 5) is 25.4. The zero-order valence-electron chi connectivity index (χ0n) is 13.0. The van der Waals surface area contributed by atoms with E-state index < -0.39 is 11.8 Å². The minimum atomic E-state index is -0.598. The fraction of sp³-hybridized carbons (Fsp3) is 0.857. The molecule has 2 amide bonds. The van der Waals surface area contributed by atoms with Gasteiger partial charge in [0.15, 0.2) is 0 Å². The third kappa shape index (κ3) is 8.87. The van der Waals surface area contributed by atoms with E-state index >= 15 is 0 Å².